The van der Waals surface area contributed by atoms with E-state index in [1.54, 1.807) is 7.05 Å². The average molecular weight is 290 g/mol. The van der Waals surface area contributed by atoms with Crippen LogP contribution in [0.2, 0.25) is 0 Å². The van der Waals surface area contributed by atoms with Crippen LogP contribution in [0.4, 0.5) is 0 Å². The third-order valence-corrected chi connectivity index (χ3v) is 2.42. The fourth-order valence-electron chi connectivity index (χ4n) is 1.49. The van der Waals surface area contributed by atoms with Gasteiger partial charge in [-0.2, -0.15) is 0 Å². The van der Waals surface area contributed by atoms with E-state index in [-0.39, 0.29) is 17.9 Å². The summed E-state index contributed by atoms with van der Waals surface area (Å²) in [5.41, 5.74) is 10.8. The lowest BCUT2D eigenvalue weighted by Crippen LogP contribution is -2.44. The van der Waals surface area contributed by atoms with Gasteiger partial charge >= 0.3 is 5.97 Å². The molecule has 0 rings (SSSR count). The first-order valence-electron chi connectivity index (χ1n) is 7.12. The lowest BCUT2D eigenvalue weighted by molar-refractivity contribution is -0.143. The van der Waals surface area contributed by atoms with Crippen molar-refractivity contribution in [1.29, 1.82) is 0 Å². The minimum Gasteiger partial charge on any atom is -0.468 e. The standard InChI is InChI=1S/C11H24N4O3.C2H6/c1-13-15-9(11(17)18-2)5-3-4-8-14-10(16)6-7-12;1-2/h9,13,15H,3-8,12H2,1-2H3,(H,14,16);1-2H3. The van der Waals surface area contributed by atoms with Crippen LogP contribution < -0.4 is 21.9 Å². The van der Waals surface area contributed by atoms with Crippen molar-refractivity contribution in [2.75, 3.05) is 27.2 Å². The van der Waals surface area contributed by atoms with Gasteiger partial charge in [0.1, 0.15) is 6.04 Å². The summed E-state index contributed by atoms with van der Waals surface area (Å²) in [4.78, 5) is 22.5. The molecule has 0 aromatic rings. The third kappa shape index (κ3) is 11.9. The molecule has 0 saturated carbocycles. The van der Waals surface area contributed by atoms with Crippen LogP contribution in [-0.4, -0.2) is 45.2 Å². The molecule has 120 valence electrons. The van der Waals surface area contributed by atoms with Crippen molar-refractivity contribution in [3.63, 3.8) is 0 Å². The van der Waals surface area contributed by atoms with Gasteiger partial charge in [-0.3, -0.25) is 15.0 Å². The number of nitrogens with one attached hydrogen (secondary N) is 3. The van der Waals surface area contributed by atoms with E-state index in [4.69, 9.17) is 5.73 Å². The molecule has 0 fully saturated rings. The number of methoxy groups -OCH3 is 1. The first kappa shape index (κ1) is 21.1. The Morgan fingerprint density at radius 3 is 2.40 bits per heavy atom. The molecule has 7 heteroatoms. The number of hydrogen-bond acceptors (Lipinski definition) is 6. The molecule has 0 aromatic heterocycles. The second-order valence-corrected chi connectivity index (χ2v) is 3.85. The molecule has 0 aromatic carbocycles. The number of hydrazine groups is 1. The fraction of sp³-hybridized carbons (Fsp3) is 0.846. The Bertz CT molecular complexity index is 250. The maximum absolute atomic E-state index is 11.4. The van der Waals surface area contributed by atoms with Crippen LogP contribution >= 0.6 is 0 Å². The van der Waals surface area contributed by atoms with Gasteiger partial charge in [-0.05, 0) is 26.3 Å². The number of ether oxygens (including phenoxy) is 1. The molecule has 20 heavy (non-hydrogen) atoms. The minimum atomic E-state index is -0.361. The van der Waals surface area contributed by atoms with Gasteiger partial charge in [0, 0.05) is 19.5 Å². The summed E-state index contributed by atoms with van der Waals surface area (Å²) in [6.07, 6.45) is 2.64. The predicted octanol–water partition coefficient (Wildman–Crippen LogP) is -0.0865. The Kier molecular flexibility index (Phi) is 16.8. The Balaban J connectivity index is 0. The van der Waals surface area contributed by atoms with Gasteiger partial charge < -0.3 is 15.8 Å². The summed E-state index contributed by atoms with van der Waals surface area (Å²) in [6, 6.07) is -0.361. The van der Waals surface area contributed by atoms with Crippen molar-refractivity contribution in [1.82, 2.24) is 16.2 Å². The zero-order valence-corrected chi connectivity index (χ0v) is 13.1. The normalized spacial score (nSPS) is 11.1. The lowest BCUT2D eigenvalue weighted by atomic mass is 10.1. The van der Waals surface area contributed by atoms with Gasteiger partial charge in [0.25, 0.3) is 0 Å². The highest BCUT2D eigenvalue weighted by atomic mass is 16.5. The first-order chi connectivity index (χ1) is 9.65. The van der Waals surface area contributed by atoms with E-state index in [9.17, 15) is 9.59 Å². The maximum atomic E-state index is 11.4. The highest BCUT2D eigenvalue weighted by molar-refractivity contribution is 5.76. The van der Waals surface area contributed by atoms with Crippen LogP contribution in [-0.2, 0) is 14.3 Å². The number of carbonyl (C=O) groups excluding carboxylic acids is 2. The molecular formula is C13H30N4O3. The van der Waals surface area contributed by atoms with Crippen LogP contribution in [0, 0.1) is 0 Å². The Morgan fingerprint density at radius 2 is 1.90 bits per heavy atom. The molecule has 0 bridgehead atoms. The molecule has 1 unspecified atom stereocenters. The zero-order chi connectivity index (χ0) is 15.8. The van der Waals surface area contributed by atoms with Gasteiger partial charge in [0.2, 0.25) is 5.91 Å². The van der Waals surface area contributed by atoms with E-state index in [0.29, 0.717) is 25.9 Å². The average Bonchev–Trinajstić information content (AvgIpc) is 2.47. The Labute approximate surface area is 122 Å². The van der Waals surface area contributed by atoms with Crippen molar-refractivity contribution in [3.8, 4) is 0 Å². The molecule has 1 atom stereocenters. The first-order valence-corrected chi connectivity index (χ1v) is 7.12. The summed E-state index contributed by atoms with van der Waals surface area (Å²) in [7, 11) is 3.06. The maximum Gasteiger partial charge on any atom is 0.324 e. The van der Waals surface area contributed by atoms with E-state index >= 15 is 0 Å². The minimum absolute atomic E-state index is 0.0321. The number of esters is 1. The quantitative estimate of drug-likeness (QED) is 0.255. The van der Waals surface area contributed by atoms with E-state index in [0.717, 1.165) is 12.8 Å². The number of amides is 1. The summed E-state index contributed by atoms with van der Waals surface area (Å²) < 4.78 is 4.67. The number of rotatable bonds is 10. The Morgan fingerprint density at radius 1 is 1.25 bits per heavy atom. The van der Waals surface area contributed by atoms with Crippen molar-refractivity contribution in [2.45, 2.75) is 45.6 Å². The van der Waals surface area contributed by atoms with Crippen molar-refractivity contribution >= 4 is 11.9 Å². The molecule has 0 heterocycles. The fourth-order valence-corrected chi connectivity index (χ4v) is 1.49. The topological polar surface area (TPSA) is 105 Å². The SMILES string of the molecule is CC.CNNC(CCCCNC(=O)CCN)C(=O)OC. The molecule has 0 radical (unpaired) electrons. The van der Waals surface area contributed by atoms with Gasteiger partial charge in [-0.15, -0.1) is 0 Å². The van der Waals surface area contributed by atoms with Gasteiger partial charge in [-0.25, -0.2) is 5.43 Å². The number of unbranched alkanes of at least 4 members (excludes halogenated alkanes) is 1. The summed E-state index contributed by atoms with van der Waals surface area (Å²) in [6.45, 7) is 4.97. The molecule has 0 aliphatic heterocycles. The zero-order valence-electron chi connectivity index (χ0n) is 13.1. The second kappa shape index (κ2) is 15.9. The molecule has 7 nitrogen and oxygen atoms in total. The van der Waals surface area contributed by atoms with Crippen LogP contribution in [0.15, 0.2) is 0 Å². The highest BCUT2D eigenvalue weighted by Crippen LogP contribution is 2.01. The van der Waals surface area contributed by atoms with Crippen LogP contribution in [0.25, 0.3) is 0 Å². The summed E-state index contributed by atoms with van der Waals surface area (Å²) in [5.74, 6) is -0.327. The lowest BCUT2D eigenvalue weighted by Gasteiger charge is -2.15. The van der Waals surface area contributed by atoms with Gasteiger partial charge in [0.05, 0.1) is 7.11 Å². The van der Waals surface area contributed by atoms with Crippen molar-refractivity contribution < 1.29 is 14.3 Å². The third-order valence-electron chi connectivity index (χ3n) is 2.42. The monoisotopic (exact) mass is 290 g/mol. The van der Waals surface area contributed by atoms with Gasteiger partial charge in [-0.1, -0.05) is 13.8 Å². The largest absolute Gasteiger partial charge is 0.468 e. The highest BCUT2D eigenvalue weighted by Gasteiger charge is 2.17. The molecule has 0 aliphatic rings. The summed E-state index contributed by atoms with van der Waals surface area (Å²) in [5, 5.41) is 2.76. The predicted molar refractivity (Wildman–Crippen MR) is 79.9 cm³/mol. The van der Waals surface area contributed by atoms with E-state index < -0.39 is 0 Å². The second-order valence-electron chi connectivity index (χ2n) is 3.85. The van der Waals surface area contributed by atoms with E-state index in [1.807, 2.05) is 13.8 Å². The number of hydrogen-bond donors (Lipinski definition) is 4. The molecular weight excluding hydrogens is 260 g/mol. The molecule has 1 amide bonds. The van der Waals surface area contributed by atoms with Crippen LogP contribution in [0.1, 0.15) is 39.5 Å². The van der Waals surface area contributed by atoms with E-state index in [2.05, 4.69) is 20.9 Å². The molecule has 0 spiro atoms. The molecule has 5 N–H and O–H groups in total. The van der Waals surface area contributed by atoms with Crippen LogP contribution in [0.5, 0.6) is 0 Å². The van der Waals surface area contributed by atoms with Gasteiger partial charge in [0.15, 0.2) is 0 Å². The van der Waals surface area contributed by atoms with Crippen molar-refractivity contribution in [2.24, 2.45) is 5.73 Å². The summed E-state index contributed by atoms with van der Waals surface area (Å²) >= 11 is 0. The van der Waals surface area contributed by atoms with Crippen LogP contribution in [0.3, 0.4) is 0 Å². The Hall–Kier alpha value is -1.18. The van der Waals surface area contributed by atoms with Crippen molar-refractivity contribution in [3.05, 3.63) is 0 Å². The molecule has 0 aliphatic carbocycles. The smallest absolute Gasteiger partial charge is 0.324 e. The number of carbonyl (C=O) groups is 2. The van der Waals surface area contributed by atoms with E-state index in [1.165, 1.54) is 7.11 Å². The number of nitrogens with two attached hydrogens (primary N) is 1. The molecule has 0 saturated heterocycles.